The van der Waals surface area contributed by atoms with Gasteiger partial charge < -0.3 is 5.11 Å². The lowest BCUT2D eigenvalue weighted by Gasteiger charge is -2.09. The van der Waals surface area contributed by atoms with Gasteiger partial charge in [0.05, 0.1) is 6.61 Å². The third kappa shape index (κ3) is 1.45. The first-order chi connectivity index (χ1) is 6.77. The fourth-order valence-corrected chi connectivity index (χ4v) is 3.15. The van der Waals surface area contributed by atoms with Gasteiger partial charge in [-0.15, -0.1) is 24.0 Å². The lowest BCUT2D eigenvalue weighted by Crippen LogP contribution is -1.94. The van der Waals surface area contributed by atoms with Gasteiger partial charge in [-0.2, -0.15) is 0 Å². The number of thiophene rings is 1. The van der Waals surface area contributed by atoms with E-state index in [-0.39, 0.29) is 6.61 Å². The zero-order valence-electron chi connectivity index (χ0n) is 7.95. The number of rotatable bonds is 2. The zero-order chi connectivity index (χ0) is 10.1. The molecule has 0 fully saturated rings. The molecule has 3 heteroatoms. The Morgan fingerprint density at radius 2 is 2.21 bits per heavy atom. The fraction of sp³-hybridized carbons (Fsp3) is 0.273. The molecule has 0 spiro atoms. The molecule has 0 bridgehead atoms. The van der Waals surface area contributed by atoms with E-state index in [1.54, 1.807) is 11.3 Å². The predicted octanol–water partition coefficient (Wildman–Crippen LogP) is 3.24. The highest BCUT2D eigenvalue weighted by Crippen LogP contribution is 2.31. The normalized spacial score (nSPS) is 11.1. The Bertz CT molecular complexity index is 460. The quantitative estimate of drug-likeness (QED) is 0.750. The van der Waals surface area contributed by atoms with Crippen molar-refractivity contribution in [3.05, 3.63) is 28.6 Å². The van der Waals surface area contributed by atoms with Crippen LogP contribution in [0, 0.1) is 0 Å². The fourth-order valence-electron chi connectivity index (χ4n) is 1.79. The summed E-state index contributed by atoms with van der Waals surface area (Å²) in [5.41, 5.74) is 2.21. The van der Waals surface area contributed by atoms with Crippen molar-refractivity contribution in [2.75, 3.05) is 0 Å². The van der Waals surface area contributed by atoms with Crippen molar-refractivity contribution in [3.63, 3.8) is 0 Å². The molecule has 0 atom stereocenters. The minimum Gasteiger partial charge on any atom is -0.392 e. The van der Waals surface area contributed by atoms with Crippen LogP contribution in [0.3, 0.4) is 0 Å². The van der Waals surface area contributed by atoms with E-state index >= 15 is 0 Å². The number of thiol groups is 1. The topological polar surface area (TPSA) is 20.2 Å². The molecular formula is C11H12OS2. The Hall–Kier alpha value is -0.510. The molecule has 0 aliphatic rings. The van der Waals surface area contributed by atoms with Gasteiger partial charge in [0.2, 0.25) is 0 Å². The minimum atomic E-state index is 0.102. The summed E-state index contributed by atoms with van der Waals surface area (Å²) in [4.78, 5) is 0.992. The van der Waals surface area contributed by atoms with Crippen LogP contribution in [-0.4, -0.2) is 5.11 Å². The van der Waals surface area contributed by atoms with Crippen molar-refractivity contribution >= 4 is 34.1 Å². The maximum atomic E-state index is 9.36. The average molecular weight is 224 g/mol. The molecule has 1 aromatic carbocycles. The van der Waals surface area contributed by atoms with Crippen molar-refractivity contribution < 1.29 is 5.11 Å². The lowest BCUT2D eigenvalue weighted by atomic mass is 10.0. The first-order valence-corrected chi connectivity index (χ1v) is 5.92. The summed E-state index contributed by atoms with van der Waals surface area (Å²) >= 11 is 6.14. The van der Waals surface area contributed by atoms with Gasteiger partial charge in [-0.3, -0.25) is 0 Å². The van der Waals surface area contributed by atoms with Gasteiger partial charge in [0.25, 0.3) is 0 Å². The van der Waals surface area contributed by atoms with Gasteiger partial charge in [-0.05, 0) is 40.4 Å². The van der Waals surface area contributed by atoms with Crippen LogP contribution in [0.1, 0.15) is 18.1 Å². The highest BCUT2D eigenvalue weighted by atomic mass is 32.1. The predicted molar refractivity (Wildman–Crippen MR) is 64.4 cm³/mol. The summed E-state index contributed by atoms with van der Waals surface area (Å²) in [5, 5.41) is 12.6. The van der Waals surface area contributed by atoms with E-state index in [9.17, 15) is 5.11 Å². The van der Waals surface area contributed by atoms with Crippen LogP contribution in [0.2, 0.25) is 0 Å². The molecule has 2 aromatic rings. The third-order valence-electron chi connectivity index (χ3n) is 2.47. The lowest BCUT2D eigenvalue weighted by molar-refractivity contribution is 0.282. The number of aliphatic hydroxyl groups excluding tert-OH is 1. The molecule has 1 N–H and O–H groups in total. The van der Waals surface area contributed by atoms with Gasteiger partial charge in [0, 0.05) is 9.60 Å². The molecular weight excluding hydrogens is 212 g/mol. The van der Waals surface area contributed by atoms with Crippen LogP contribution in [0.4, 0.5) is 0 Å². The van der Waals surface area contributed by atoms with E-state index in [0.717, 1.165) is 16.9 Å². The van der Waals surface area contributed by atoms with Crippen LogP contribution in [-0.2, 0) is 13.0 Å². The Morgan fingerprint density at radius 3 is 2.86 bits per heavy atom. The monoisotopic (exact) mass is 224 g/mol. The maximum absolute atomic E-state index is 9.36. The summed E-state index contributed by atoms with van der Waals surface area (Å²) in [7, 11) is 0. The molecule has 0 radical (unpaired) electrons. The smallest absolute Gasteiger partial charge is 0.0691 e. The van der Waals surface area contributed by atoms with Gasteiger partial charge >= 0.3 is 0 Å². The summed E-state index contributed by atoms with van der Waals surface area (Å²) in [6, 6.07) is 4.15. The standard InChI is InChI=1S/C11H12OS2/c1-2-7-9(6-12)8-3-4-14-11(8)5-10(7)13/h3-5,12-13H,2,6H2,1H3. The van der Waals surface area contributed by atoms with E-state index in [0.29, 0.717) is 0 Å². The maximum Gasteiger partial charge on any atom is 0.0691 e. The molecule has 0 aliphatic heterocycles. The summed E-state index contributed by atoms with van der Waals surface area (Å²) in [5.74, 6) is 0. The molecule has 0 saturated carbocycles. The Morgan fingerprint density at radius 1 is 1.43 bits per heavy atom. The van der Waals surface area contributed by atoms with Gasteiger partial charge in [-0.25, -0.2) is 0 Å². The summed E-state index contributed by atoms with van der Waals surface area (Å²) < 4.78 is 1.20. The van der Waals surface area contributed by atoms with Crippen molar-refractivity contribution in [2.24, 2.45) is 0 Å². The van der Waals surface area contributed by atoms with E-state index < -0.39 is 0 Å². The van der Waals surface area contributed by atoms with E-state index in [2.05, 4.69) is 37.1 Å². The molecule has 0 aliphatic carbocycles. The number of hydrogen-bond acceptors (Lipinski definition) is 3. The van der Waals surface area contributed by atoms with Gasteiger partial charge in [0.15, 0.2) is 0 Å². The van der Waals surface area contributed by atoms with E-state index in [4.69, 9.17) is 0 Å². The Balaban J connectivity index is 2.82. The second-order valence-corrected chi connectivity index (χ2v) is 4.63. The molecule has 0 amide bonds. The number of aliphatic hydroxyl groups is 1. The number of benzene rings is 1. The van der Waals surface area contributed by atoms with Crippen molar-refractivity contribution in [1.82, 2.24) is 0 Å². The van der Waals surface area contributed by atoms with E-state index in [1.807, 2.05) is 0 Å². The van der Waals surface area contributed by atoms with Crippen LogP contribution in [0.25, 0.3) is 10.1 Å². The molecule has 14 heavy (non-hydrogen) atoms. The van der Waals surface area contributed by atoms with Crippen LogP contribution in [0.15, 0.2) is 22.4 Å². The van der Waals surface area contributed by atoms with Gasteiger partial charge in [0.1, 0.15) is 0 Å². The molecule has 1 heterocycles. The second kappa shape index (κ2) is 3.93. The Kier molecular flexibility index (Phi) is 2.81. The first kappa shape index (κ1) is 10.0. The van der Waals surface area contributed by atoms with Crippen molar-refractivity contribution in [1.29, 1.82) is 0 Å². The van der Waals surface area contributed by atoms with Crippen molar-refractivity contribution in [2.45, 2.75) is 24.8 Å². The largest absolute Gasteiger partial charge is 0.392 e. The number of hydrogen-bond donors (Lipinski definition) is 2. The third-order valence-corrected chi connectivity index (χ3v) is 3.74. The highest BCUT2D eigenvalue weighted by molar-refractivity contribution is 7.80. The Labute approximate surface area is 92.8 Å². The summed E-state index contributed by atoms with van der Waals surface area (Å²) in [6.45, 7) is 2.19. The molecule has 0 unspecified atom stereocenters. The van der Waals surface area contributed by atoms with Crippen LogP contribution in [0.5, 0.6) is 0 Å². The average Bonchev–Trinajstić information content (AvgIpc) is 2.62. The van der Waals surface area contributed by atoms with E-state index in [1.165, 1.54) is 15.6 Å². The van der Waals surface area contributed by atoms with Gasteiger partial charge in [-0.1, -0.05) is 6.92 Å². The van der Waals surface area contributed by atoms with Crippen LogP contribution >= 0.6 is 24.0 Å². The molecule has 1 nitrogen and oxygen atoms in total. The van der Waals surface area contributed by atoms with Crippen molar-refractivity contribution in [3.8, 4) is 0 Å². The first-order valence-electron chi connectivity index (χ1n) is 4.59. The molecule has 0 saturated heterocycles. The van der Waals surface area contributed by atoms with Crippen LogP contribution < -0.4 is 0 Å². The molecule has 2 rings (SSSR count). The molecule has 74 valence electrons. The SMILES string of the molecule is CCc1c(S)cc2sccc2c1CO. The zero-order valence-corrected chi connectivity index (χ0v) is 9.66. The number of fused-ring (bicyclic) bond motifs is 1. The second-order valence-electron chi connectivity index (χ2n) is 3.20. The summed E-state index contributed by atoms with van der Waals surface area (Å²) in [6.07, 6.45) is 0.917. The minimum absolute atomic E-state index is 0.102. The molecule has 1 aromatic heterocycles. The highest BCUT2D eigenvalue weighted by Gasteiger charge is 2.09.